The van der Waals surface area contributed by atoms with E-state index in [1.165, 1.54) is 32.1 Å². The van der Waals surface area contributed by atoms with Gasteiger partial charge in [-0.25, -0.2) is 0 Å². The summed E-state index contributed by atoms with van der Waals surface area (Å²) >= 11 is 0. The van der Waals surface area contributed by atoms with Crippen molar-refractivity contribution in [2.75, 3.05) is 0 Å². The van der Waals surface area contributed by atoms with Crippen molar-refractivity contribution in [2.45, 2.75) is 64.7 Å². The molecule has 120 valence electrons. The molecule has 2 unspecified atom stereocenters. The second-order valence-electron chi connectivity index (χ2n) is 5.81. The van der Waals surface area contributed by atoms with Crippen LogP contribution in [0.1, 0.15) is 64.7 Å². The highest BCUT2D eigenvalue weighted by Gasteiger charge is 2.11. The molecule has 0 aromatic heterocycles. The lowest BCUT2D eigenvalue weighted by Gasteiger charge is -2.13. The third-order valence-electron chi connectivity index (χ3n) is 3.88. The summed E-state index contributed by atoms with van der Waals surface area (Å²) in [5.74, 6) is 0.338. The highest BCUT2D eigenvalue weighted by Crippen LogP contribution is 2.19. The summed E-state index contributed by atoms with van der Waals surface area (Å²) in [6.45, 7) is 9.76. The molecule has 0 fully saturated rings. The van der Waals surface area contributed by atoms with Crippen molar-refractivity contribution in [1.29, 1.82) is 0 Å². The smallest absolute Gasteiger partial charge is 0.221 e. The number of carbonyl (C=O) groups excluding carboxylic acids is 1. The number of unbranched alkanes of at least 4 members (excludes halogenated alkanes) is 3. The van der Waals surface area contributed by atoms with Gasteiger partial charge in [0.1, 0.15) is 0 Å². The SMILES string of the molecule is C=CCC(CC=CCC(CC=C)C(N)=O)CCCCCC. The Kier molecular flexibility index (Phi) is 12.8. The monoisotopic (exact) mass is 291 g/mol. The molecule has 0 aliphatic rings. The molecule has 21 heavy (non-hydrogen) atoms. The third kappa shape index (κ3) is 11.1. The van der Waals surface area contributed by atoms with Crippen molar-refractivity contribution in [3.05, 3.63) is 37.5 Å². The molecule has 0 saturated heterocycles. The fourth-order valence-electron chi connectivity index (χ4n) is 2.51. The van der Waals surface area contributed by atoms with Crippen molar-refractivity contribution in [3.8, 4) is 0 Å². The molecule has 0 aromatic carbocycles. The average molecular weight is 291 g/mol. The fourth-order valence-corrected chi connectivity index (χ4v) is 2.51. The van der Waals surface area contributed by atoms with Gasteiger partial charge in [0, 0.05) is 5.92 Å². The maximum absolute atomic E-state index is 11.3. The lowest BCUT2D eigenvalue weighted by molar-refractivity contribution is -0.121. The summed E-state index contributed by atoms with van der Waals surface area (Å²) in [7, 11) is 0. The van der Waals surface area contributed by atoms with Crippen molar-refractivity contribution < 1.29 is 4.79 Å². The molecule has 0 radical (unpaired) electrons. The first-order chi connectivity index (χ1) is 10.2. The summed E-state index contributed by atoms with van der Waals surface area (Å²) in [6.07, 6.45) is 18.1. The molecule has 1 amide bonds. The van der Waals surface area contributed by atoms with E-state index in [1.807, 2.05) is 6.08 Å². The number of allylic oxidation sites excluding steroid dienone is 4. The van der Waals surface area contributed by atoms with Crippen molar-refractivity contribution in [3.63, 3.8) is 0 Å². The zero-order valence-electron chi connectivity index (χ0n) is 13.7. The Morgan fingerprint density at radius 1 is 1.00 bits per heavy atom. The third-order valence-corrected chi connectivity index (χ3v) is 3.88. The van der Waals surface area contributed by atoms with Gasteiger partial charge in [0.25, 0.3) is 0 Å². The normalized spacial score (nSPS) is 14.0. The number of nitrogens with two attached hydrogens (primary N) is 1. The lowest BCUT2D eigenvalue weighted by Crippen LogP contribution is -2.22. The van der Waals surface area contributed by atoms with Crippen LogP contribution in [0.4, 0.5) is 0 Å². The van der Waals surface area contributed by atoms with Crippen molar-refractivity contribution in [2.24, 2.45) is 17.6 Å². The summed E-state index contributed by atoms with van der Waals surface area (Å²) in [5.41, 5.74) is 5.37. The van der Waals surface area contributed by atoms with Gasteiger partial charge in [-0.3, -0.25) is 4.79 Å². The van der Waals surface area contributed by atoms with Gasteiger partial charge in [0.15, 0.2) is 0 Å². The number of carbonyl (C=O) groups is 1. The summed E-state index contributed by atoms with van der Waals surface area (Å²) in [5, 5.41) is 0. The topological polar surface area (TPSA) is 43.1 Å². The maximum atomic E-state index is 11.3. The average Bonchev–Trinajstić information content (AvgIpc) is 2.46. The van der Waals surface area contributed by atoms with Gasteiger partial charge >= 0.3 is 0 Å². The highest BCUT2D eigenvalue weighted by molar-refractivity contribution is 5.76. The Hall–Kier alpha value is -1.31. The van der Waals surface area contributed by atoms with Crippen LogP contribution in [0, 0.1) is 11.8 Å². The van der Waals surface area contributed by atoms with E-state index in [4.69, 9.17) is 5.73 Å². The van der Waals surface area contributed by atoms with Crippen molar-refractivity contribution >= 4 is 5.91 Å². The first-order valence-electron chi connectivity index (χ1n) is 8.31. The van der Waals surface area contributed by atoms with Gasteiger partial charge < -0.3 is 5.73 Å². The van der Waals surface area contributed by atoms with Crippen LogP contribution < -0.4 is 5.73 Å². The molecule has 0 aliphatic carbocycles. The van der Waals surface area contributed by atoms with E-state index in [0.29, 0.717) is 12.3 Å². The molecular weight excluding hydrogens is 258 g/mol. The van der Waals surface area contributed by atoms with Gasteiger partial charge in [-0.1, -0.05) is 56.9 Å². The number of hydrogen-bond donors (Lipinski definition) is 1. The van der Waals surface area contributed by atoms with Crippen LogP contribution >= 0.6 is 0 Å². The van der Waals surface area contributed by atoms with Gasteiger partial charge in [-0.15, -0.1) is 13.2 Å². The lowest BCUT2D eigenvalue weighted by atomic mass is 9.93. The fraction of sp³-hybridized carbons (Fsp3) is 0.632. The predicted molar refractivity (Wildman–Crippen MR) is 92.9 cm³/mol. The van der Waals surface area contributed by atoms with Gasteiger partial charge in [-0.05, 0) is 38.0 Å². The first kappa shape index (κ1) is 19.7. The van der Waals surface area contributed by atoms with E-state index >= 15 is 0 Å². The molecule has 0 heterocycles. The maximum Gasteiger partial charge on any atom is 0.221 e. The summed E-state index contributed by atoms with van der Waals surface area (Å²) < 4.78 is 0. The number of rotatable bonds is 14. The molecule has 0 aromatic rings. The number of hydrogen-bond acceptors (Lipinski definition) is 1. The van der Waals surface area contributed by atoms with Crippen LogP contribution in [0.25, 0.3) is 0 Å². The first-order valence-corrected chi connectivity index (χ1v) is 8.31. The molecule has 2 atom stereocenters. The van der Waals surface area contributed by atoms with E-state index < -0.39 is 0 Å². The molecule has 2 nitrogen and oxygen atoms in total. The summed E-state index contributed by atoms with van der Waals surface area (Å²) in [6, 6.07) is 0. The van der Waals surface area contributed by atoms with E-state index in [9.17, 15) is 4.79 Å². The second kappa shape index (κ2) is 13.7. The Morgan fingerprint density at radius 2 is 1.67 bits per heavy atom. The van der Waals surface area contributed by atoms with E-state index in [0.717, 1.165) is 19.3 Å². The van der Waals surface area contributed by atoms with Gasteiger partial charge in [0.05, 0.1) is 0 Å². The molecule has 2 N–H and O–H groups in total. The molecule has 0 aliphatic heterocycles. The van der Waals surface area contributed by atoms with E-state index in [-0.39, 0.29) is 11.8 Å². The zero-order chi connectivity index (χ0) is 15.9. The van der Waals surface area contributed by atoms with E-state index in [1.54, 1.807) is 6.08 Å². The highest BCUT2D eigenvalue weighted by atomic mass is 16.1. The van der Waals surface area contributed by atoms with Gasteiger partial charge in [-0.2, -0.15) is 0 Å². The van der Waals surface area contributed by atoms with Crippen molar-refractivity contribution in [1.82, 2.24) is 0 Å². The Balaban J connectivity index is 4.08. The minimum Gasteiger partial charge on any atom is -0.369 e. The van der Waals surface area contributed by atoms with Crippen LogP contribution in [-0.4, -0.2) is 5.91 Å². The Morgan fingerprint density at radius 3 is 2.24 bits per heavy atom. The van der Waals surface area contributed by atoms with Crippen LogP contribution in [0.3, 0.4) is 0 Å². The van der Waals surface area contributed by atoms with Crippen LogP contribution in [0.15, 0.2) is 37.5 Å². The Labute approximate surface area is 131 Å². The van der Waals surface area contributed by atoms with Crippen LogP contribution in [0.2, 0.25) is 0 Å². The molecular formula is C19H33NO. The molecule has 0 bridgehead atoms. The number of amides is 1. The van der Waals surface area contributed by atoms with Gasteiger partial charge in [0.2, 0.25) is 5.91 Å². The quantitative estimate of drug-likeness (QED) is 0.348. The molecule has 2 heteroatoms. The second-order valence-corrected chi connectivity index (χ2v) is 5.81. The molecule has 0 rings (SSSR count). The Bertz CT molecular complexity index is 320. The minimum absolute atomic E-state index is 0.110. The molecule has 0 saturated carbocycles. The zero-order valence-corrected chi connectivity index (χ0v) is 13.7. The number of primary amides is 1. The minimum atomic E-state index is -0.234. The predicted octanol–water partition coefficient (Wildman–Crippen LogP) is 5.16. The molecule has 0 spiro atoms. The van der Waals surface area contributed by atoms with Crippen LogP contribution in [0.5, 0.6) is 0 Å². The standard InChI is InChI=1S/C19H33NO/c1-4-7-8-9-14-17(12-5-2)15-10-11-16-18(13-6-3)19(20)21/h5-6,10-11,17-18H,2-4,7-9,12-16H2,1H3,(H2,20,21). The largest absolute Gasteiger partial charge is 0.369 e. The van der Waals surface area contributed by atoms with E-state index in [2.05, 4.69) is 32.2 Å². The van der Waals surface area contributed by atoms with Crippen LogP contribution in [-0.2, 0) is 4.79 Å². The summed E-state index contributed by atoms with van der Waals surface area (Å²) in [4.78, 5) is 11.3.